The van der Waals surface area contributed by atoms with Crippen LogP contribution in [0.25, 0.3) is 0 Å². The Hall–Kier alpha value is 0.00870. The molecule has 0 aliphatic carbocycles. The molecule has 0 amide bonds. The maximum absolute atomic E-state index is 4.77. The van der Waals surface area contributed by atoms with Crippen LogP contribution in [0, 0.1) is 0 Å². The molecule has 104 valence electrons. The van der Waals surface area contributed by atoms with Crippen LogP contribution >= 0.6 is 0 Å². The van der Waals surface area contributed by atoms with Gasteiger partial charge in [0, 0.05) is 0 Å². The molecule has 0 saturated carbocycles. The first kappa shape index (κ1) is 16.1. The molecular weight excluding hydrogens is 327 g/mol. The zero-order valence-corrected chi connectivity index (χ0v) is 15.6. The number of aromatic nitrogens is 2. The zero-order valence-electron chi connectivity index (χ0n) is 12.7. The molecule has 0 atom stereocenters. The number of aryl methyl sites for hydroxylation is 1. The maximum atomic E-state index is 4.77. The predicted molar refractivity (Wildman–Crippen MR) is 83.1 cm³/mol. The second-order valence-electron chi connectivity index (χ2n) is 5.66. The van der Waals surface area contributed by atoms with Gasteiger partial charge in [-0.3, -0.25) is 0 Å². The Morgan fingerprint density at radius 2 is 1.61 bits per heavy atom. The minimum atomic E-state index is -2.17. The average Bonchev–Trinajstić information content (AvgIpc) is 2.80. The Balaban J connectivity index is 2.93. The van der Waals surface area contributed by atoms with E-state index in [4.69, 9.17) is 4.98 Å². The van der Waals surface area contributed by atoms with E-state index in [0.29, 0.717) is 0 Å². The van der Waals surface area contributed by atoms with Crippen molar-refractivity contribution in [3.63, 3.8) is 0 Å². The molecule has 2 nitrogen and oxygen atoms in total. The van der Waals surface area contributed by atoms with Crippen LogP contribution < -0.4 is 3.71 Å². The molecular formula is C15H30N2Sn. The molecule has 0 bridgehead atoms. The van der Waals surface area contributed by atoms with Crippen molar-refractivity contribution in [3.05, 3.63) is 12.5 Å². The van der Waals surface area contributed by atoms with Crippen molar-refractivity contribution in [1.29, 1.82) is 0 Å². The first-order valence-corrected chi connectivity index (χ1v) is 15.1. The number of hydrogen-bond acceptors (Lipinski definition) is 1. The molecule has 0 fully saturated rings. The SMILES string of the molecule is CCC[CH2][Sn]([CH2]CC)([CH2]CCC)[c]1cn(C)cn1. The van der Waals surface area contributed by atoms with Crippen LogP contribution in [0.2, 0.25) is 13.3 Å². The summed E-state index contributed by atoms with van der Waals surface area (Å²) in [4.78, 5) is 4.77. The molecule has 0 aliphatic heterocycles. The van der Waals surface area contributed by atoms with Gasteiger partial charge in [-0.25, -0.2) is 0 Å². The molecule has 1 heterocycles. The molecule has 1 aromatic rings. The van der Waals surface area contributed by atoms with Gasteiger partial charge in [-0.05, 0) is 0 Å². The second-order valence-corrected chi connectivity index (χ2v) is 18.7. The summed E-state index contributed by atoms with van der Waals surface area (Å²) in [5, 5.41) is 0. The normalized spacial score (nSPS) is 12.0. The molecule has 0 saturated heterocycles. The summed E-state index contributed by atoms with van der Waals surface area (Å²) in [6.45, 7) is 6.99. The minimum absolute atomic E-state index is 1.33. The van der Waals surface area contributed by atoms with Gasteiger partial charge in [-0.15, -0.1) is 0 Å². The van der Waals surface area contributed by atoms with E-state index in [1.54, 1.807) is 0 Å². The van der Waals surface area contributed by atoms with Gasteiger partial charge in [-0.2, -0.15) is 0 Å². The fourth-order valence-electron chi connectivity index (χ4n) is 2.95. The monoisotopic (exact) mass is 358 g/mol. The van der Waals surface area contributed by atoms with Crippen LogP contribution in [0.15, 0.2) is 12.5 Å². The fourth-order valence-corrected chi connectivity index (χ4v) is 18.2. The Labute approximate surface area is 117 Å². The number of unbranched alkanes of at least 4 members (excludes halogenated alkanes) is 2. The summed E-state index contributed by atoms with van der Waals surface area (Å²) < 4.78 is 8.20. The van der Waals surface area contributed by atoms with E-state index < -0.39 is 18.4 Å². The van der Waals surface area contributed by atoms with Gasteiger partial charge in [0.05, 0.1) is 0 Å². The summed E-state index contributed by atoms with van der Waals surface area (Å²) in [7, 11) is 2.11. The van der Waals surface area contributed by atoms with E-state index in [1.807, 2.05) is 6.33 Å². The third kappa shape index (κ3) is 4.29. The number of rotatable bonds is 9. The molecule has 18 heavy (non-hydrogen) atoms. The Morgan fingerprint density at radius 3 is 2.00 bits per heavy atom. The van der Waals surface area contributed by atoms with E-state index >= 15 is 0 Å². The molecule has 0 spiro atoms. The molecule has 0 radical (unpaired) electrons. The van der Waals surface area contributed by atoms with Crippen molar-refractivity contribution in [1.82, 2.24) is 9.55 Å². The van der Waals surface area contributed by atoms with Gasteiger partial charge < -0.3 is 0 Å². The molecule has 3 heteroatoms. The van der Waals surface area contributed by atoms with E-state index in [1.165, 1.54) is 49.1 Å². The third-order valence-corrected chi connectivity index (χ3v) is 19.5. The van der Waals surface area contributed by atoms with Crippen molar-refractivity contribution >= 4 is 22.1 Å². The first-order valence-electron chi connectivity index (χ1n) is 7.67. The van der Waals surface area contributed by atoms with E-state index in [2.05, 4.69) is 38.6 Å². The molecule has 0 aliphatic rings. The van der Waals surface area contributed by atoms with Crippen LogP contribution in [0.5, 0.6) is 0 Å². The van der Waals surface area contributed by atoms with Crippen LogP contribution in [0.4, 0.5) is 0 Å². The van der Waals surface area contributed by atoms with Gasteiger partial charge >= 0.3 is 117 Å². The van der Waals surface area contributed by atoms with Crippen molar-refractivity contribution < 1.29 is 0 Å². The molecule has 1 aromatic heterocycles. The first-order chi connectivity index (χ1) is 8.68. The zero-order chi connectivity index (χ0) is 13.4. The Morgan fingerprint density at radius 1 is 1.00 bits per heavy atom. The van der Waals surface area contributed by atoms with Crippen LogP contribution in [-0.4, -0.2) is 27.9 Å². The van der Waals surface area contributed by atoms with Crippen LogP contribution in [0.1, 0.15) is 52.9 Å². The third-order valence-electron chi connectivity index (χ3n) is 3.99. The van der Waals surface area contributed by atoms with Gasteiger partial charge in [0.1, 0.15) is 0 Å². The second kappa shape index (κ2) is 8.23. The van der Waals surface area contributed by atoms with Crippen molar-refractivity contribution in [3.8, 4) is 0 Å². The topological polar surface area (TPSA) is 17.8 Å². The Bertz CT molecular complexity index is 325. The van der Waals surface area contributed by atoms with Gasteiger partial charge in [0.25, 0.3) is 0 Å². The molecule has 0 N–H and O–H groups in total. The van der Waals surface area contributed by atoms with Gasteiger partial charge in [0.2, 0.25) is 0 Å². The fraction of sp³-hybridized carbons (Fsp3) is 0.800. The summed E-state index contributed by atoms with van der Waals surface area (Å²) in [6.07, 6.45) is 11.2. The van der Waals surface area contributed by atoms with E-state index in [9.17, 15) is 0 Å². The molecule has 0 aromatic carbocycles. The van der Waals surface area contributed by atoms with Crippen LogP contribution in [-0.2, 0) is 7.05 Å². The summed E-state index contributed by atoms with van der Waals surface area (Å²) in [5.74, 6) is 0. The number of nitrogens with zero attached hydrogens (tertiary/aromatic N) is 2. The number of hydrogen-bond donors (Lipinski definition) is 0. The average molecular weight is 357 g/mol. The molecule has 0 unspecified atom stereocenters. The van der Waals surface area contributed by atoms with E-state index in [0.717, 1.165) is 0 Å². The van der Waals surface area contributed by atoms with Gasteiger partial charge in [-0.1, -0.05) is 0 Å². The summed E-state index contributed by atoms with van der Waals surface area (Å²) in [6, 6.07) is 0. The van der Waals surface area contributed by atoms with Crippen molar-refractivity contribution in [2.45, 2.75) is 66.2 Å². The summed E-state index contributed by atoms with van der Waals surface area (Å²) in [5.41, 5.74) is 0. The Kier molecular flexibility index (Phi) is 7.35. The van der Waals surface area contributed by atoms with E-state index in [-0.39, 0.29) is 0 Å². The number of imidazole rings is 1. The van der Waals surface area contributed by atoms with Gasteiger partial charge in [0.15, 0.2) is 0 Å². The molecule has 1 rings (SSSR count). The van der Waals surface area contributed by atoms with Crippen molar-refractivity contribution in [2.24, 2.45) is 7.05 Å². The van der Waals surface area contributed by atoms with Crippen LogP contribution in [0.3, 0.4) is 0 Å². The predicted octanol–water partition coefficient (Wildman–Crippen LogP) is 4.09. The standard InChI is InChI=1S/C4H5N2.2C4H9.C3H7.Sn/c1-6-3-2-5-4-6;2*1-3-4-2;1-3-2;/h3-4H,1H3;2*1,3-4H2,2H3;1,3H2,2H3;. The quantitative estimate of drug-likeness (QED) is 0.609. The van der Waals surface area contributed by atoms with Crippen molar-refractivity contribution in [2.75, 3.05) is 0 Å². The summed E-state index contributed by atoms with van der Waals surface area (Å²) >= 11 is -2.17.